The third-order valence-electron chi connectivity index (χ3n) is 1.81. The maximum atomic E-state index is 10.6. The fourth-order valence-corrected chi connectivity index (χ4v) is 1.60. The summed E-state index contributed by atoms with van der Waals surface area (Å²) >= 11 is 3.36. The lowest BCUT2D eigenvalue weighted by Crippen LogP contribution is -2.20. The van der Waals surface area contributed by atoms with Crippen LogP contribution in [0.1, 0.15) is 5.56 Å². The molecule has 0 unspecified atom stereocenters. The Balaban J connectivity index is 2.80. The molecule has 1 amide bonds. The molecule has 1 rings (SSSR count). The van der Waals surface area contributed by atoms with Gasteiger partial charge in [0.2, 0.25) is 0 Å². The predicted molar refractivity (Wildman–Crippen MR) is 61.6 cm³/mol. The minimum absolute atomic E-state index is 0.112. The monoisotopic (exact) mass is 272 g/mol. The maximum Gasteiger partial charge on any atom is 0.255 e. The summed E-state index contributed by atoms with van der Waals surface area (Å²) in [4.78, 5) is 10.6. The fourth-order valence-electron chi connectivity index (χ4n) is 1.19. The number of rotatable bonds is 5. The van der Waals surface area contributed by atoms with Gasteiger partial charge in [-0.25, -0.2) is 0 Å². The molecule has 0 radical (unpaired) electrons. The second-order valence-electron chi connectivity index (χ2n) is 3.05. The van der Waals surface area contributed by atoms with Crippen molar-refractivity contribution in [3.05, 3.63) is 28.2 Å². The summed E-state index contributed by atoms with van der Waals surface area (Å²) in [6.07, 6.45) is 0.702. The van der Waals surface area contributed by atoms with E-state index >= 15 is 0 Å². The average molecular weight is 273 g/mol. The second kappa shape index (κ2) is 5.72. The molecule has 5 heteroatoms. The van der Waals surface area contributed by atoms with E-state index in [2.05, 4.69) is 15.9 Å². The summed E-state index contributed by atoms with van der Waals surface area (Å²) in [5.74, 6) is 0.166. The molecule has 4 N–H and O–H groups in total. The quantitative estimate of drug-likeness (QED) is 0.833. The van der Waals surface area contributed by atoms with Gasteiger partial charge < -0.3 is 16.2 Å². The zero-order chi connectivity index (χ0) is 11.3. The van der Waals surface area contributed by atoms with Gasteiger partial charge in [-0.15, -0.1) is 0 Å². The van der Waals surface area contributed by atoms with Gasteiger partial charge in [0.25, 0.3) is 5.91 Å². The van der Waals surface area contributed by atoms with Crippen molar-refractivity contribution in [2.24, 2.45) is 11.5 Å². The minimum Gasteiger partial charge on any atom is -0.484 e. The highest BCUT2D eigenvalue weighted by Crippen LogP contribution is 2.23. The van der Waals surface area contributed by atoms with E-state index in [4.69, 9.17) is 16.2 Å². The van der Waals surface area contributed by atoms with Gasteiger partial charge in [0, 0.05) is 4.47 Å². The first-order valence-corrected chi connectivity index (χ1v) is 5.32. The van der Waals surface area contributed by atoms with E-state index in [9.17, 15) is 4.79 Å². The normalized spacial score (nSPS) is 10.0. The standard InChI is InChI=1S/C10H13BrN2O2/c11-8-1-2-9(15-6-10(13)14)7(5-8)3-4-12/h1-2,5H,3-4,6,12H2,(H2,13,14). The molecule has 15 heavy (non-hydrogen) atoms. The van der Waals surface area contributed by atoms with Crippen LogP contribution < -0.4 is 16.2 Å². The number of carbonyl (C=O) groups is 1. The van der Waals surface area contributed by atoms with Gasteiger partial charge in [-0.05, 0) is 36.7 Å². The van der Waals surface area contributed by atoms with Crippen molar-refractivity contribution >= 4 is 21.8 Å². The number of amides is 1. The Morgan fingerprint density at radius 2 is 2.20 bits per heavy atom. The van der Waals surface area contributed by atoms with Crippen LogP contribution >= 0.6 is 15.9 Å². The van der Waals surface area contributed by atoms with Crippen LogP contribution in [0.15, 0.2) is 22.7 Å². The van der Waals surface area contributed by atoms with E-state index in [-0.39, 0.29) is 6.61 Å². The molecule has 1 aromatic rings. The molecule has 0 heterocycles. The topological polar surface area (TPSA) is 78.3 Å². The number of nitrogens with two attached hydrogens (primary N) is 2. The molecule has 0 atom stereocenters. The smallest absolute Gasteiger partial charge is 0.255 e. The first-order valence-electron chi connectivity index (χ1n) is 4.53. The molecule has 4 nitrogen and oxygen atoms in total. The first kappa shape index (κ1) is 12.0. The molecular weight excluding hydrogens is 260 g/mol. The summed E-state index contributed by atoms with van der Waals surface area (Å²) in [6, 6.07) is 5.55. The molecule has 0 aliphatic rings. The van der Waals surface area contributed by atoms with Crippen LogP contribution in [-0.2, 0) is 11.2 Å². The zero-order valence-electron chi connectivity index (χ0n) is 8.20. The van der Waals surface area contributed by atoms with Gasteiger partial charge in [0.1, 0.15) is 5.75 Å². The third kappa shape index (κ3) is 3.89. The number of ether oxygens (including phenoxy) is 1. The lowest BCUT2D eigenvalue weighted by Gasteiger charge is -2.09. The van der Waals surface area contributed by atoms with Gasteiger partial charge >= 0.3 is 0 Å². The van der Waals surface area contributed by atoms with Gasteiger partial charge in [0.15, 0.2) is 6.61 Å². The number of hydrogen-bond donors (Lipinski definition) is 2. The van der Waals surface area contributed by atoms with Crippen molar-refractivity contribution < 1.29 is 9.53 Å². The van der Waals surface area contributed by atoms with E-state index in [0.717, 1.165) is 10.0 Å². The van der Waals surface area contributed by atoms with Crippen molar-refractivity contribution in [2.75, 3.05) is 13.2 Å². The SMILES string of the molecule is NCCc1cc(Br)ccc1OCC(N)=O. The van der Waals surface area contributed by atoms with Crippen molar-refractivity contribution in [1.82, 2.24) is 0 Å². The Morgan fingerprint density at radius 1 is 1.47 bits per heavy atom. The number of halogens is 1. The largest absolute Gasteiger partial charge is 0.484 e. The second-order valence-corrected chi connectivity index (χ2v) is 3.96. The molecule has 0 saturated heterocycles. The number of benzene rings is 1. The van der Waals surface area contributed by atoms with Crippen LogP contribution in [0.5, 0.6) is 5.75 Å². The lowest BCUT2D eigenvalue weighted by atomic mass is 10.1. The van der Waals surface area contributed by atoms with Crippen molar-refractivity contribution in [3.63, 3.8) is 0 Å². The van der Waals surface area contributed by atoms with Crippen LogP contribution in [0, 0.1) is 0 Å². The number of carbonyl (C=O) groups excluding carboxylic acids is 1. The summed E-state index contributed by atoms with van der Waals surface area (Å²) in [5.41, 5.74) is 11.4. The van der Waals surface area contributed by atoms with Crippen LogP contribution in [0.3, 0.4) is 0 Å². The number of hydrogen-bond acceptors (Lipinski definition) is 3. The average Bonchev–Trinajstić information content (AvgIpc) is 2.17. The first-order chi connectivity index (χ1) is 7.13. The Labute approximate surface area is 96.7 Å². The highest BCUT2D eigenvalue weighted by molar-refractivity contribution is 9.10. The van der Waals surface area contributed by atoms with Gasteiger partial charge in [-0.2, -0.15) is 0 Å². The summed E-state index contributed by atoms with van der Waals surface area (Å²) in [7, 11) is 0. The predicted octanol–water partition coefficient (Wildman–Crippen LogP) is 0.814. The molecule has 0 saturated carbocycles. The van der Waals surface area contributed by atoms with Crippen molar-refractivity contribution in [1.29, 1.82) is 0 Å². The summed E-state index contributed by atoms with van der Waals surface area (Å²) in [5, 5.41) is 0. The van der Waals surface area contributed by atoms with Gasteiger partial charge in [-0.1, -0.05) is 15.9 Å². The minimum atomic E-state index is -0.489. The van der Waals surface area contributed by atoms with E-state index < -0.39 is 5.91 Å². The fraction of sp³-hybridized carbons (Fsp3) is 0.300. The van der Waals surface area contributed by atoms with E-state index in [1.807, 2.05) is 12.1 Å². The molecular formula is C10H13BrN2O2. The van der Waals surface area contributed by atoms with Crippen LogP contribution in [0.2, 0.25) is 0 Å². The highest BCUT2D eigenvalue weighted by Gasteiger charge is 2.05. The Hall–Kier alpha value is -1.07. The van der Waals surface area contributed by atoms with E-state index in [1.54, 1.807) is 6.07 Å². The van der Waals surface area contributed by atoms with E-state index in [1.165, 1.54) is 0 Å². The maximum absolute atomic E-state index is 10.6. The van der Waals surface area contributed by atoms with Crippen LogP contribution in [0.25, 0.3) is 0 Å². The molecule has 0 fully saturated rings. The highest BCUT2D eigenvalue weighted by atomic mass is 79.9. The Morgan fingerprint density at radius 3 is 2.80 bits per heavy atom. The Kier molecular flexibility index (Phi) is 4.58. The van der Waals surface area contributed by atoms with Crippen molar-refractivity contribution in [3.8, 4) is 5.75 Å². The van der Waals surface area contributed by atoms with Gasteiger partial charge in [0.05, 0.1) is 0 Å². The van der Waals surface area contributed by atoms with E-state index in [0.29, 0.717) is 18.7 Å². The molecule has 0 aliphatic heterocycles. The van der Waals surface area contributed by atoms with Crippen LogP contribution in [0.4, 0.5) is 0 Å². The molecule has 1 aromatic carbocycles. The van der Waals surface area contributed by atoms with Gasteiger partial charge in [-0.3, -0.25) is 4.79 Å². The molecule has 0 spiro atoms. The van der Waals surface area contributed by atoms with Crippen molar-refractivity contribution in [2.45, 2.75) is 6.42 Å². The van der Waals surface area contributed by atoms with Crippen LogP contribution in [-0.4, -0.2) is 19.1 Å². The number of primary amides is 1. The summed E-state index contributed by atoms with van der Waals surface area (Å²) < 4.78 is 6.21. The zero-order valence-corrected chi connectivity index (χ0v) is 9.79. The molecule has 0 aromatic heterocycles. The third-order valence-corrected chi connectivity index (χ3v) is 2.30. The molecule has 82 valence electrons. The Bertz CT molecular complexity index is 355. The summed E-state index contributed by atoms with van der Waals surface area (Å²) in [6.45, 7) is 0.419. The lowest BCUT2D eigenvalue weighted by molar-refractivity contribution is -0.119. The molecule has 0 bridgehead atoms. The molecule has 0 aliphatic carbocycles.